The highest BCUT2D eigenvalue weighted by Crippen LogP contribution is 2.12. The summed E-state index contributed by atoms with van der Waals surface area (Å²) in [6.07, 6.45) is 2.44. The van der Waals surface area contributed by atoms with Gasteiger partial charge in [0, 0.05) is 44.5 Å². The number of hydrogen-bond donors (Lipinski definition) is 1. The van der Waals surface area contributed by atoms with E-state index in [0.29, 0.717) is 210 Å². The summed E-state index contributed by atoms with van der Waals surface area (Å²) in [5, 5.41) is 3.19. The van der Waals surface area contributed by atoms with E-state index in [9.17, 15) is 28.8 Å². The van der Waals surface area contributed by atoms with Gasteiger partial charge in [0.1, 0.15) is 0 Å². The number of carbonyl (C=O) groups excluding carboxylic acids is 6. The zero-order valence-electron chi connectivity index (χ0n) is 41.8. The third-order valence-electron chi connectivity index (χ3n) is 9.26. The normalized spacial score (nSPS) is 13.7. The van der Waals surface area contributed by atoms with E-state index < -0.39 is 29.6 Å². The van der Waals surface area contributed by atoms with Crippen LogP contribution < -0.4 is 5.32 Å². The van der Waals surface area contributed by atoms with Crippen LogP contribution in [0.4, 0.5) is 0 Å². The lowest BCUT2D eigenvalue weighted by molar-refractivity contribution is -0.198. The zero-order valence-corrected chi connectivity index (χ0v) is 41.8. The van der Waals surface area contributed by atoms with Crippen molar-refractivity contribution < 1.29 is 109 Å². The third-order valence-corrected chi connectivity index (χ3v) is 9.26. The molecule has 0 aliphatic carbocycles. The predicted molar refractivity (Wildman–Crippen MR) is 248 cm³/mol. The fourth-order valence-electron chi connectivity index (χ4n) is 5.58. The highest BCUT2D eigenvalue weighted by molar-refractivity contribution is 6.13. The molecule has 1 fully saturated rings. The summed E-state index contributed by atoms with van der Waals surface area (Å²) in [4.78, 5) is 75.1. The lowest BCUT2D eigenvalue weighted by atomic mass is 10.3. The van der Waals surface area contributed by atoms with Gasteiger partial charge in [-0.25, -0.2) is 4.79 Å². The van der Waals surface area contributed by atoms with Crippen molar-refractivity contribution in [2.24, 2.45) is 0 Å². The van der Waals surface area contributed by atoms with Gasteiger partial charge in [-0.3, -0.25) is 28.9 Å². The van der Waals surface area contributed by atoms with E-state index in [2.05, 4.69) is 5.32 Å². The van der Waals surface area contributed by atoms with Gasteiger partial charge in [-0.15, -0.1) is 5.06 Å². The van der Waals surface area contributed by atoms with Crippen molar-refractivity contribution in [1.29, 1.82) is 0 Å². The molecule has 0 aromatic carbocycles. The summed E-state index contributed by atoms with van der Waals surface area (Å²) in [5.74, 6) is -2.81. The highest BCUT2D eigenvalue weighted by atomic mass is 16.7. The van der Waals surface area contributed by atoms with Gasteiger partial charge in [-0.2, -0.15) is 0 Å². The maximum Gasteiger partial charge on any atom is 0.335 e. The maximum absolute atomic E-state index is 11.8. The Bertz CT molecular complexity index is 1400. The van der Waals surface area contributed by atoms with E-state index in [1.54, 1.807) is 0 Å². The van der Waals surface area contributed by atoms with Crippen molar-refractivity contribution >= 4 is 35.5 Å². The van der Waals surface area contributed by atoms with Gasteiger partial charge in [0.05, 0.1) is 218 Å². The average molecular weight is 1040 g/mol. The summed E-state index contributed by atoms with van der Waals surface area (Å²) in [6, 6.07) is 0. The Hall–Kier alpha value is -3.68. The van der Waals surface area contributed by atoms with Crippen LogP contribution in [0.25, 0.3) is 0 Å². The SMILES string of the molecule is O=C(CCN1C(=O)C=CC1=O)NCCOCCOCCOCCOCCOCCOCCOCCOCCOCCOCCOCCOCCOCCOCCOCCOCCC(=O)ON1C(=O)CCC1=O. The van der Waals surface area contributed by atoms with Crippen molar-refractivity contribution in [2.75, 3.05) is 225 Å². The topological polar surface area (TPSA) is 278 Å². The summed E-state index contributed by atoms with van der Waals surface area (Å²) < 4.78 is 87.3. The van der Waals surface area contributed by atoms with Crippen molar-refractivity contribution in [3.05, 3.63) is 12.2 Å². The van der Waals surface area contributed by atoms with Crippen LogP contribution in [0.2, 0.25) is 0 Å². The first kappa shape index (κ1) is 64.4. The van der Waals surface area contributed by atoms with Gasteiger partial charge < -0.3 is 85.9 Å². The quantitative estimate of drug-likeness (QED) is 0.0546. The van der Waals surface area contributed by atoms with E-state index in [4.69, 9.17) is 80.6 Å². The molecular weight excluding hydrogens is 963 g/mol. The van der Waals surface area contributed by atoms with Crippen LogP contribution >= 0.6 is 0 Å². The summed E-state index contributed by atoms with van der Waals surface area (Å²) in [7, 11) is 0. The summed E-state index contributed by atoms with van der Waals surface area (Å²) in [5.41, 5.74) is 0. The minimum atomic E-state index is -0.707. The first-order chi connectivity index (χ1) is 35.4. The van der Waals surface area contributed by atoms with Crippen LogP contribution in [0.15, 0.2) is 12.2 Å². The number of nitrogens with zero attached hydrogens (tertiary/aromatic N) is 2. The van der Waals surface area contributed by atoms with Crippen LogP contribution in [0.3, 0.4) is 0 Å². The molecule has 72 heavy (non-hydrogen) atoms. The maximum atomic E-state index is 11.8. The largest absolute Gasteiger partial charge is 0.378 e. The van der Waals surface area contributed by atoms with Crippen LogP contribution in [-0.2, 0) is 109 Å². The van der Waals surface area contributed by atoms with Gasteiger partial charge in [-0.1, -0.05) is 0 Å². The molecule has 0 saturated carbocycles. The number of hydrogen-bond acceptors (Lipinski definition) is 23. The monoisotopic (exact) mass is 1040 g/mol. The Balaban J connectivity index is 1.11. The van der Waals surface area contributed by atoms with Crippen LogP contribution in [-0.4, -0.2) is 270 Å². The number of carbonyl (C=O) groups is 6. The van der Waals surface area contributed by atoms with Crippen molar-refractivity contribution in [2.45, 2.75) is 25.7 Å². The predicted octanol–water partition coefficient (Wildman–Crippen LogP) is -1.32. The first-order valence-electron chi connectivity index (χ1n) is 24.5. The second-order valence-corrected chi connectivity index (χ2v) is 14.9. The van der Waals surface area contributed by atoms with Crippen molar-refractivity contribution in [3.8, 4) is 0 Å². The molecule has 416 valence electrons. The van der Waals surface area contributed by atoms with Crippen LogP contribution in [0.5, 0.6) is 0 Å². The molecule has 26 heteroatoms. The average Bonchev–Trinajstić information content (AvgIpc) is 3.87. The molecule has 0 bridgehead atoms. The van der Waals surface area contributed by atoms with Gasteiger partial charge >= 0.3 is 5.97 Å². The fraction of sp³-hybridized carbons (Fsp3) is 0.826. The molecule has 1 saturated heterocycles. The number of rotatable bonds is 55. The van der Waals surface area contributed by atoms with Gasteiger partial charge in [0.2, 0.25) is 5.91 Å². The molecule has 26 nitrogen and oxygen atoms in total. The zero-order chi connectivity index (χ0) is 51.6. The molecule has 2 aliphatic heterocycles. The standard InChI is InChI=1S/C46H79N3O23/c50-41(5-8-48-42(51)1-2-43(48)52)47-7-10-57-12-14-59-16-18-61-20-22-63-24-26-65-28-30-67-32-34-69-36-38-71-40-39-70-37-35-68-33-31-66-29-27-64-25-23-62-21-19-60-17-15-58-13-11-56-9-6-46(55)72-49-44(53)3-4-45(49)54/h1-2H,3-40H2,(H,47,50). The Morgan fingerprint density at radius 2 is 0.611 bits per heavy atom. The van der Waals surface area contributed by atoms with E-state index in [0.717, 1.165) is 4.90 Å². The van der Waals surface area contributed by atoms with Crippen molar-refractivity contribution in [3.63, 3.8) is 0 Å². The summed E-state index contributed by atoms with van der Waals surface area (Å²) in [6.45, 7) is 13.8. The molecule has 2 heterocycles. The number of nitrogens with one attached hydrogen (secondary N) is 1. The molecular formula is C46H79N3O23. The van der Waals surface area contributed by atoms with Gasteiger partial charge in [0.25, 0.3) is 23.6 Å². The lowest BCUT2D eigenvalue weighted by Gasteiger charge is -2.13. The van der Waals surface area contributed by atoms with E-state index in [1.807, 2.05) is 0 Å². The Kier molecular flexibility index (Phi) is 43.2. The third kappa shape index (κ3) is 38.9. The lowest BCUT2D eigenvalue weighted by Crippen LogP contribution is -2.35. The second kappa shape index (κ2) is 48.3. The molecule has 2 aliphatic rings. The molecule has 0 spiro atoms. The Morgan fingerprint density at radius 1 is 0.361 bits per heavy atom. The van der Waals surface area contributed by atoms with Crippen LogP contribution in [0, 0.1) is 0 Å². The number of ether oxygens (including phenoxy) is 16. The Morgan fingerprint density at radius 3 is 0.889 bits per heavy atom. The molecule has 1 N–H and O–H groups in total. The molecule has 0 atom stereocenters. The molecule has 2 rings (SSSR count). The molecule has 0 aromatic rings. The summed E-state index contributed by atoms with van der Waals surface area (Å²) >= 11 is 0. The highest BCUT2D eigenvalue weighted by Gasteiger charge is 2.32. The smallest absolute Gasteiger partial charge is 0.335 e. The molecule has 5 amide bonds. The minimum Gasteiger partial charge on any atom is -0.378 e. The van der Waals surface area contributed by atoms with Crippen molar-refractivity contribution in [1.82, 2.24) is 15.3 Å². The number of amides is 5. The molecule has 0 unspecified atom stereocenters. The van der Waals surface area contributed by atoms with E-state index >= 15 is 0 Å². The molecule has 0 aromatic heterocycles. The van der Waals surface area contributed by atoms with Gasteiger partial charge in [0.15, 0.2) is 0 Å². The van der Waals surface area contributed by atoms with E-state index in [-0.39, 0.29) is 51.3 Å². The second-order valence-electron chi connectivity index (χ2n) is 14.9. The van der Waals surface area contributed by atoms with E-state index in [1.165, 1.54) is 12.2 Å². The Labute approximate surface area is 421 Å². The molecule has 0 radical (unpaired) electrons. The number of imide groups is 2. The fourth-order valence-corrected chi connectivity index (χ4v) is 5.58. The van der Waals surface area contributed by atoms with Crippen LogP contribution in [0.1, 0.15) is 25.7 Å². The minimum absolute atomic E-state index is 0.0430. The van der Waals surface area contributed by atoms with Gasteiger partial charge in [-0.05, 0) is 0 Å². The first-order valence-corrected chi connectivity index (χ1v) is 24.5. The number of hydroxylamine groups is 2.